The maximum atomic E-state index is 12.2. The molecule has 0 spiro atoms. The third-order valence-electron chi connectivity index (χ3n) is 5.28. The number of hydrogen-bond donors (Lipinski definition) is 2. The SMILES string of the molecule is COC1CCC(c2[nH]c3cccc4c3c2CCNC4=O)CC1. The van der Waals surface area contributed by atoms with E-state index in [4.69, 9.17) is 4.74 Å². The Kier molecular flexibility index (Phi) is 3.41. The minimum Gasteiger partial charge on any atom is -0.381 e. The summed E-state index contributed by atoms with van der Waals surface area (Å²) in [7, 11) is 1.81. The van der Waals surface area contributed by atoms with Crippen LogP contribution in [0.1, 0.15) is 53.2 Å². The zero-order chi connectivity index (χ0) is 15.1. The molecule has 1 amide bonds. The Morgan fingerprint density at radius 1 is 1.18 bits per heavy atom. The van der Waals surface area contributed by atoms with Gasteiger partial charge in [0, 0.05) is 35.8 Å². The lowest BCUT2D eigenvalue weighted by atomic mass is 9.83. The van der Waals surface area contributed by atoms with Crippen LogP contribution >= 0.6 is 0 Å². The predicted octanol–water partition coefficient (Wildman–Crippen LogP) is 3.13. The molecule has 0 unspecified atom stereocenters. The minimum absolute atomic E-state index is 0.0537. The van der Waals surface area contributed by atoms with Crippen molar-refractivity contribution < 1.29 is 9.53 Å². The van der Waals surface area contributed by atoms with E-state index in [1.807, 2.05) is 19.2 Å². The Bertz CT molecular complexity index is 711. The molecule has 116 valence electrons. The first-order chi connectivity index (χ1) is 10.8. The van der Waals surface area contributed by atoms with Gasteiger partial charge in [-0.05, 0) is 55.7 Å². The molecular weight excluding hydrogens is 276 g/mol. The second kappa shape index (κ2) is 5.43. The Balaban J connectivity index is 1.77. The number of H-pyrrole nitrogens is 1. The summed E-state index contributed by atoms with van der Waals surface area (Å²) >= 11 is 0. The zero-order valence-corrected chi connectivity index (χ0v) is 12.9. The van der Waals surface area contributed by atoms with Gasteiger partial charge in [-0.3, -0.25) is 4.79 Å². The van der Waals surface area contributed by atoms with E-state index in [1.165, 1.54) is 11.3 Å². The van der Waals surface area contributed by atoms with Crippen LogP contribution in [-0.2, 0) is 11.2 Å². The molecule has 0 saturated heterocycles. The van der Waals surface area contributed by atoms with E-state index in [-0.39, 0.29) is 5.91 Å². The minimum atomic E-state index is 0.0537. The number of benzene rings is 1. The van der Waals surface area contributed by atoms with Crippen molar-refractivity contribution in [2.75, 3.05) is 13.7 Å². The lowest BCUT2D eigenvalue weighted by Crippen LogP contribution is -2.24. The molecular formula is C18H22N2O2. The first kappa shape index (κ1) is 13.8. The standard InChI is InChI=1S/C18H22N2O2/c1-22-12-7-5-11(6-8-12)17-13-9-10-19-18(21)14-3-2-4-15(20-17)16(13)14/h2-4,11-12,20H,5-10H2,1H3,(H,19,21). The number of nitrogens with one attached hydrogen (secondary N) is 2. The van der Waals surface area contributed by atoms with Crippen LogP contribution in [0.2, 0.25) is 0 Å². The Labute approximate surface area is 130 Å². The highest BCUT2D eigenvalue weighted by Gasteiger charge is 2.28. The number of aromatic nitrogens is 1. The highest BCUT2D eigenvalue weighted by molar-refractivity contribution is 6.08. The lowest BCUT2D eigenvalue weighted by Gasteiger charge is -2.27. The van der Waals surface area contributed by atoms with Gasteiger partial charge in [-0.15, -0.1) is 0 Å². The van der Waals surface area contributed by atoms with Gasteiger partial charge in [0.05, 0.1) is 6.10 Å². The van der Waals surface area contributed by atoms with E-state index >= 15 is 0 Å². The normalized spacial score (nSPS) is 25.0. The summed E-state index contributed by atoms with van der Waals surface area (Å²) in [6.45, 7) is 0.723. The summed E-state index contributed by atoms with van der Waals surface area (Å²) in [6, 6.07) is 5.99. The van der Waals surface area contributed by atoms with E-state index < -0.39 is 0 Å². The summed E-state index contributed by atoms with van der Waals surface area (Å²) in [5, 5.41) is 4.15. The van der Waals surface area contributed by atoms with Gasteiger partial charge in [0.15, 0.2) is 0 Å². The fraction of sp³-hybridized carbons (Fsp3) is 0.500. The summed E-state index contributed by atoms with van der Waals surface area (Å²) in [4.78, 5) is 15.8. The average Bonchev–Trinajstić information content (AvgIpc) is 2.84. The molecule has 1 saturated carbocycles. The molecule has 0 radical (unpaired) electrons. The summed E-state index contributed by atoms with van der Waals surface area (Å²) < 4.78 is 5.49. The maximum Gasteiger partial charge on any atom is 0.251 e. The molecule has 1 aliphatic heterocycles. The van der Waals surface area contributed by atoms with Crippen molar-refractivity contribution in [1.82, 2.24) is 10.3 Å². The summed E-state index contributed by atoms with van der Waals surface area (Å²) in [5.74, 6) is 0.618. The zero-order valence-electron chi connectivity index (χ0n) is 12.9. The Morgan fingerprint density at radius 2 is 2.00 bits per heavy atom. The van der Waals surface area contributed by atoms with Gasteiger partial charge in [-0.1, -0.05) is 6.07 Å². The summed E-state index contributed by atoms with van der Waals surface area (Å²) in [6.07, 6.45) is 5.91. The van der Waals surface area contributed by atoms with Crippen molar-refractivity contribution in [1.29, 1.82) is 0 Å². The van der Waals surface area contributed by atoms with Crippen LogP contribution in [0.25, 0.3) is 10.9 Å². The van der Waals surface area contributed by atoms with E-state index in [2.05, 4.69) is 16.4 Å². The molecule has 4 rings (SSSR count). The average molecular weight is 298 g/mol. The van der Waals surface area contributed by atoms with Crippen molar-refractivity contribution in [2.24, 2.45) is 0 Å². The monoisotopic (exact) mass is 298 g/mol. The van der Waals surface area contributed by atoms with Crippen molar-refractivity contribution in [3.8, 4) is 0 Å². The second-order valence-electron chi connectivity index (χ2n) is 6.46. The van der Waals surface area contributed by atoms with Crippen LogP contribution in [0.4, 0.5) is 0 Å². The van der Waals surface area contributed by atoms with Crippen molar-refractivity contribution in [3.05, 3.63) is 35.0 Å². The molecule has 22 heavy (non-hydrogen) atoms. The summed E-state index contributed by atoms with van der Waals surface area (Å²) in [5.41, 5.74) is 4.63. The second-order valence-corrected chi connectivity index (χ2v) is 6.46. The van der Waals surface area contributed by atoms with Gasteiger partial charge in [0.2, 0.25) is 0 Å². The van der Waals surface area contributed by atoms with Crippen molar-refractivity contribution >= 4 is 16.8 Å². The van der Waals surface area contributed by atoms with Gasteiger partial charge < -0.3 is 15.0 Å². The smallest absolute Gasteiger partial charge is 0.251 e. The largest absolute Gasteiger partial charge is 0.381 e. The molecule has 2 aliphatic rings. The van der Waals surface area contributed by atoms with Gasteiger partial charge >= 0.3 is 0 Å². The van der Waals surface area contributed by atoms with E-state index in [0.29, 0.717) is 12.0 Å². The molecule has 4 heteroatoms. The Morgan fingerprint density at radius 3 is 2.77 bits per heavy atom. The van der Waals surface area contributed by atoms with Crippen LogP contribution in [0.5, 0.6) is 0 Å². The third-order valence-corrected chi connectivity index (χ3v) is 5.28. The molecule has 1 aromatic heterocycles. The fourth-order valence-corrected chi connectivity index (χ4v) is 4.12. The molecule has 1 aliphatic carbocycles. The first-order valence-electron chi connectivity index (χ1n) is 8.22. The van der Waals surface area contributed by atoms with Gasteiger partial charge in [0.25, 0.3) is 5.91 Å². The number of methoxy groups -OCH3 is 1. The fourth-order valence-electron chi connectivity index (χ4n) is 4.12. The van der Waals surface area contributed by atoms with Crippen LogP contribution in [0.3, 0.4) is 0 Å². The number of carbonyl (C=O) groups is 1. The van der Waals surface area contributed by atoms with Crippen LogP contribution < -0.4 is 5.32 Å². The highest BCUT2D eigenvalue weighted by atomic mass is 16.5. The number of carbonyl (C=O) groups excluding carboxylic acids is 1. The number of hydrogen-bond acceptors (Lipinski definition) is 2. The van der Waals surface area contributed by atoms with Gasteiger partial charge in [0.1, 0.15) is 0 Å². The van der Waals surface area contributed by atoms with E-state index in [0.717, 1.165) is 55.1 Å². The van der Waals surface area contributed by atoms with Gasteiger partial charge in [-0.2, -0.15) is 0 Å². The van der Waals surface area contributed by atoms with Gasteiger partial charge in [-0.25, -0.2) is 0 Å². The third kappa shape index (κ3) is 2.13. The predicted molar refractivity (Wildman–Crippen MR) is 86.3 cm³/mol. The molecule has 1 aromatic carbocycles. The molecule has 4 nitrogen and oxygen atoms in total. The Hall–Kier alpha value is -1.81. The maximum absolute atomic E-state index is 12.2. The van der Waals surface area contributed by atoms with E-state index in [1.54, 1.807) is 0 Å². The topological polar surface area (TPSA) is 54.1 Å². The van der Waals surface area contributed by atoms with Crippen molar-refractivity contribution in [2.45, 2.75) is 44.1 Å². The van der Waals surface area contributed by atoms with Crippen LogP contribution in [0, 0.1) is 0 Å². The molecule has 0 bridgehead atoms. The molecule has 2 N–H and O–H groups in total. The molecule has 1 fully saturated rings. The number of ether oxygens (including phenoxy) is 1. The van der Waals surface area contributed by atoms with Crippen LogP contribution in [0.15, 0.2) is 18.2 Å². The number of amides is 1. The van der Waals surface area contributed by atoms with Crippen molar-refractivity contribution in [3.63, 3.8) is 0 Å². The lowest BCUT2D eigenvalue weighted by molar-refractivity contribution is 0.0655. The quantitative estimate of drug-likeness (QED) is 0.895. The molecule has 2 heterocycles. The molecule has 2 aromatic rings. The number of rotatable bonds is 2. The highest BCUT2D eigenvalue weighted by Crippen LogP contribution is 2.39. The van der Waals surface area contributed by atoms with Crippen LogP contribution in [-0.4, -0.2) is 30.6 Å². The number of aromatic amines is 1. The van der Waals surface area contributed by atoms with E-state index in [9.17, 15) is 4.79 Å². The first-order valence-corrected chi connectivity index (χ1v) is 8.22. The molecule has 0 atom stereocenters.